The number of furan rings is 1. The van der Waals surface area contributed by atoms with Gasteiger partial charge in [-0.2, -0.15) is 5.26 Å². The first-order valence-electron chi connectivity index (χ1n) is 5.94. The van der Waals surface area contributed by atoms with Crippen molar-refractivity contribution in [3.8, 4) is 6.07 Å². The number of hydrogen-bond donors (Lipinski definition) is 1. The van der Waals surface area contributed by atoms with Crippen molar-refractivity contribution in [2.75, 3.05) is 5.32 Å². The Bertz CT molecular complexity index is 576. The van der Waals surface area contributed by atoms with Crippen LogP contribution in [0.4, 0.5) is 5.69 Å². The van der Waals surface area contributed by atoms with Gasteiger partial charge in [0.15, 0.2) is 0 Å². The highest BCUT2D eigenvalue weighted by molar-refractivity contribution is 5.49. The van der Waals surface area contributed by atoms with Crippen LogP contribution in [0.3, 0.4) is 0 Å². The summed E-state index contributed by atoms with van der Waals surface area (Å²) >= 11 is 0. The first-order valence-corrected chi connectivity index (χ1v) is 5.94. The highest BCUT2D eigenvalue weighted by Gasteiger charge is 2.12. The fourth-order valence-electron chi connectivity index (χ4n) is 2.05. The Morgan fingerprint density at radius 3 is 2.39 bits per heavy atom. The van der Waals surface area contributed by atoms with Crippen molar-refractivity contribution in [1.29, 1.82) is 5.26 Å². The number of benzene rings is 1. The molecule has 1 heterocycles. The molecule has 0 bridgehead atoms. The second-order valence-electron chi connectivity index (χ2n) is 4.42. The molecule has 0 saturated carbocycles. The standard InChI is InChI=1S/C15H16N2O/c1-10-8-15(12(3)18-10)11(2)17-14-6-4-13(9-16)5-7-14/h4-8,11,17H,1-3H3. The summed E-state index contributed by atoms with van der Waals surface area (Å²) in [6, 6.07) is 11.8. The topological polar surface area (TPSA) is 49.0 Å². The molecule has 3 nitrogen and oxygen atoms in total. The average Bonchev–Trinajstić information content (AvgIpc) is 2.69. The van der Waals surface area contributed by atoms with Crippen molar-refractivity contribution in [3.05, 3.63) is 53.0 Å². The van der Waals surface area contributed by atoms with Crippen LogP contribution in [-0.2, 0) is 0 Å². The minimum Gasteiger partial charge on any atom is -0.466 e. The number of rotatable bonds is 3. The van der Waals surface area contributed by atoms with Crippen LogP contribution in [0.15, 0.2) is 34.7 Å². The zero-order chi connectivity index (χ0) is 13.1. The van der Waals surface area contributed by atoms with Gasteiger partial charge in [-0.3, -0.25) is 0 Å². The monoisotopic (exact) mass is 240 g/mol. The Kier molecular flexibility index (Phi) is 3.38. The first kappa shape index (κ1) is 12.3. The van der Waals surface area contributed by atoms with Crippen LogP contribution in [0.2, 0.25) is 0 Å². The number of hydrogen-bond acceptors (Lipinski definition) is 3. The summed E-state index contributed by atoms with van der Waals surface area (Å²) in [6.07, 6.45) is 0. The lowest BCUT2D eigenvalue weighted by molar-refractivity contribution is 0.500. The van der Waals surface area contributed by atoms with Gasteiger partial charge in [0.1, 0.15) is 11.5 Å². The Balaban J connectivity index is 2.13. The van der Waals surface area contributed by atoms with Gasteiger partial charge >= 0.3 is 0 Å². The zero-order valence-corrected chi connectivity index (χ0v) is 10.8. The van der Waals surface area contributed by atoms with Crippen LogP contribution < -0.4 is 5.32 Å². The molecule has 2 rings (SSSR count). The van der Waals surface area contributed by atoms with Crippen molar-refractivity contribution in [1.82, 2.24) is 0 Å². The lowest BCUT2D eigenvalue weighted by atomic mass is 10.1. The van der Waals surface area contributed by atoms with E-state index in [9.17, 15) is 0 Å². The molecule has 1 N–H and O–H groups in total. The molecule has 0 aliphatic rings. The predicted octanol–water partition coefficient (Wildman–Crippen LogP) is 3.94. The highest BCUT2D eigenvalue weighted by atomic mass is 16.3. The van der Waals surface area contributed by atoms with E-state index >= 15 is 0 Å². The van der Waals surface area contributed by atoms with E-state index in [1.807, 2.05) is 38.1 Å². The van der Waals surface area contributed by atoms with Crippen LogP contribution in [0.1, 0.15) is 35.6 Å². The number of aryl methyl sites for hydroxylation is 2. The number of anilines is 1. The van der Waals surface area contributed by atoms with Crippen molar-refractivity contribution in [2.45, 2.75) is 26.8 Å². The third-order valence-electron chi connectivity index (χ3n) is 2.94. The van der Waals surface area contributed by atoms with Crippen molar-refractivity contribution < 1.29 is 4.42 Å². The summed E-state index contributed by atoms with van der Waals surface area (Å²) < 4.78 is 5.53. The molecule has 3 heteroatoms. The summed E-state index contributed by atoms with van der Waals surface area (Å²) in [5, 5.41) is 12.1. The minimum atomic E-state index is 0.176. The summed E-state index contributed by atoms with van der Waals surface area (Å²) in [7, 11) is 0. The molecule has 92 valence electrons. The summed E-state index contributed by atoms with van der Waals surface area (Å²) in [4.78, 5) is 0. The third kappa shape index (κ3) is 2.54. The SMILES string of the molecule is Cc1cc(C(C)Nc2ccc(C#N)cc2)c(C)o1. The largest absolute Gasteiger partial charge is 0.466 e. The quantitative estimate of drug-likeness (QED) is 0.883. The van der Waals surface area contributed by atoms with E-state index in [-0.39, 0.29) is 6.04 Å². The molecular weight excluding hydrogens is 224 g/mol. The average molecular weight is 240 g/mol. The summed E-state index contributed by atoms with van der Waals surface area (Å²) in [6.45, 7) is 6.01. The van der Waals surface area contributed by atoms with E-state index in [4.69, 9.17) is 9.68 Å². The zero-order valence-electron chi connectivity index (χ0n) is 10.8. The van der Waals surface area contributed by atoms with Gasteiger partial charge in [0, 0.05) is 11.3 Å². The van der Waals surface area contributed by atoms with Crippen LogP contribution >= 0.6 is 0 Å². The number of nitrogens with one attached hydrogen (secondary N) is 1. The molecule has 0 fully saturated rings. The smallest absolute Gasteiger partial charge is 0.106 e. The van der Waals surface area contributed by atoms with Gasteiger partial charge in [-0.15, -0.1) is 0 Å². The van der Waals surface area contributed by atoms with Gasteiger partial charge in [-0.05, 0) is 51.1 Å². The second kappa shape index (κ2) is 4.97. The first-order chi connectivity index (χ1) is 8.60. The lowest BCUT2D eigenvalue weighted by Gasteiger charge is -2.14. The lowest BCUT2D eigenvalue weighted by Crippen LogP contribution is -2.06. The molecule has 0 saturated heterocycles. The van der Waals surface area contributed by atoms with Gasteiger partial charge in [-0.1, -0.05) is 0 Å². The van der Waals surface area contributed by atoms with Crippen LogP contribution in [-0.4, -0.2) is 0 Å². The third-order valence-corrected chi connectivity index (χ3v) is 2.94. The van der Waals surface area contributed by atoms with E-state index in [1.54, 1.807) is 0 Å². The molecule has 1 aromatic heterocycles. The van der Waals surface area contributed by atoms with Crippen LogP contribution in [0, 0.1) is 25.2 Å². The molecule has 18 heavy (non-hydrogen) atoms. The second-order valence-corrected chi connectivity index (χ2v) is 4.42. The van der Waals surface area contributed by atoms with E-state index in [1.165, 1.54) is 0 Å². The van der Waals surface area contributed by atoms with E-state index < -0.39 is 0 Å². The highest BCUT2D eigenvalue weighted by Crippen LogP contribution is 2.24. The molecular formula is C15H16N2O. The van der Waals surface area contributed by atoms with Crippen LogP contribution in [0.25, 0.3) is 0 Å². The van der Waals surface area contributed by atoms with Gasteiger partial charge < -0.3 is 9.73 Å². The number of nitriles is 1. The molecule has 0 spiro atoms. The molecule has 0 amide bonds. The van der Waals surface area contributed by atoms with Crippen molar-refractivity contribution in [2.24, 2.45) is 0 Å². The molecule has 0 aliphatic heterocycles. The van der Waals surface area contributed by atoms with Gasteiger partial charge in [0.05, 0.1) is 17.7 Å². The molecule has 2 aromatic rings. The molecule has 0 radical (unpaired) electrons. The molecule has 1 aromatic carbocycles. The number of nitrogens with zero attached hydrogens (tertiary/aromatic N) is 1. The Hall–Kier alpha value is -2.21. The van der Waals surface area contributed by atoms with Gasteiger partial charge in [0.25, 0.3) is 0 Å². The van der Waals surface area contributed by atoms with E-state index in [2.05, 4.69) is 24.4 Å². The fraction of sp³-hybridized carbons (Fsp3) is 0.267. The van der Waals surface area contributed by atoms with Crippen molar-refractivity contribution in [3.63, 3.8) is 0 Å². The molecule has 0 aliphatic carbocycles. The predicted molar refractivity (Wildman–Crippen MR) is 71.4 cm³/mol. The normalized spacial score (nSPS) is 11.9. The molecule has 1 unspecified atom stereocenters. The Morgan fingerprint density at radius 1 is 1.22 bits per heavy atom. The van der Waals surface area contributed by atoms with Crippen molar-refractivity contribution >= 4 is 5.69 Å². The van der Waals surface area contributed by atoms with Crippen LogP contribution in [0.5, 0.6) is 0 Å². The summed E-state index contributed by atoms with van der Waals surface area (Å²) in [5.41, 5.74) is 2.83. The molecule has 1 atom stereocenters. The fourth-order valence-corrected chi connectivity index (χ4v) is 2.05. The minimum absolute atomic E-state index is 0.176. The Labute approximate surface area is 107 Å². The summed E-state index contributed by atoms with van der Waals surface area (Å²) in [5.74, 6) is 1.87. The maximum atomic E-state index is 8.74. The van der Waals surface area contributed by atoms with E-state index in [0.29, 0.717) is 5.56 Å². The maximum absolute atomic E-state index is 8.74. The Morgan fingerprint density at radius 2 is 1.89 bits per heavy atom. The maximum Gasteiger partial charge on any atom is 0.106 e. The van der Waals surface area contributed by atoms with Gasteiger partial charge in [0.2, 0.25) is 0 Å². The van der Waals surface area contributed by atoms with Gasteiger partial charge in [-0.25, -0.2) is 0 Å². The van der Waals surface area contributed by atoms with E-state index in [0.717, 1.165) is 22.8 Å².